The fourth-order valence-electron chi connectivity index (χ4n) is 3.02. The number of carbonyl (C=O) groups is 2. The molecule has 22 heavy (non-hydrogen) atoms. The monoisotopic (exact) mass is 302 g/mol. The first-order valence-corrected chi connectivity index (χ1v) is 7.99. The highest BCUT2D eigenvalue weighted by Gasteiger charge is 2.39. The van der Waals surface area contributed by atoms with Gasteiger partial charge in [-0.15, -0.1) is 0 Å². The van der Waals surface area contributed by atoms with Crippen LogP contribution in [0.2, 0.25) is 0 Å². The topological polar surface area (TPSA) is 58.6 Å². The Morgan fingerprint density at radius 1 is 1.27 bits per heavy atom. The molecule has 0 radical (unpaired) electrons. The average molecular weight is 302 g/mol. The summed E-state index contributed by atoms with van der Waals surface area (Å²) in [6, 6.07) is 7.18. The molecule has 2 atom stereocenters. The Balaban J connectivity index is 1.65. The summed E-state index contributed by atoms with van der Waals surface area (Å²) in [4.78, 5) is 26.0. The summed E-state index contributed by atoms with van der Waals surface area (Å²) >= 11 is 0. The molecule has 118 valence electrons. The van der Waals surface area contributed by atoms with E-state index < -0.39 is 6.04 Å². The van der Waals surface area contributed by atoms with Crippen LogP contribution in [0.5, 0.6) is 0 Å². The van der Waals surface area contributed by atoms with E-state index in [1.54, 1.807) is 0 Å². The number of hydrogen-bond donors (Lipinski definition) is 1. The maximum Gasteiger partial charge on any atom is 0.251 e. The molecule has 0 spiro atoms. The first kappa shape index (κ1) is 15.2. The molecule has 2 heterocycles. The van der Waals surface area contributed by atoms with Crippen molar-refractivity contribution in [1.29, 1.82) is 0 Å². The van der Waals surface area contributed by atoms with Crippen LogP contribution < -0.4 is 10.2 Å². The van der Waals surface area contributed by atoms with Gasteiger partial charge in [-0.05, 0) is 37.0 Å². The number of anilines is 1. The van der Waals surface area contributed by atoms with Crippen LogP contribution in [0, 0.1) is 0 Å². The van der Waals surface area contributed by atoms with Gasteiger partial charge in [-0.3, -0.25) is 9.59 Å². The van der Waals surface area contributed by atoms with Crippen LogP contribution >= 0.6 is 0 Å². The van der Waals surface area contributed by atoms with E-state index in [9.17, 15) is 9.59 Å². The third-order valence-corrected chi connectivity index (χ3v) is 4.37. The summed E-state index contributed by atoms with van der Waals surface area (Å²) in [5.41, 5.74) is 1.85. The third-order valence-electron chi connectivity index (χ3n) is 4.37. The van der Waals surface area contributed by atoms with Gasteiger partial charge in [-0.25, -0.2) is 4.90 Å². The SMILES string of the molecule is CCc1ccc(N2C(=O)CC(NCC3CCCO3)C2=O)cc1. The van der Waals surface area contributed by atoms with Crippen molar-refractivity contribution in [2.45, 2.75) is 44.8 Å². The summed E-state index contributed by atoms with van der Waals surface area (Å²) in [6.07, 6.45) is 3.42. The number of aryl methyl sites for hydroxylation is 1. The number of carbonyl (C=O) groups excluding carboxylic acids is 2. The smallest absolute Gasteiger partial charge is 0.251 e. The lowest BCUT2D eigenvalue weighted by atomic mass is 10.1. The van der Waals surface area contributed by atoms with Crippen LogP contribution in [0.1, 0.15) is 31.7 Å². The minimum absolute atomic E-state index is 0.140. The molecule has 5 nitrogen and oxygen atoms in total. The highest BCUT2D eigenvalue weighted by Crippen LogP contribution is 2.23. The van der Waals surface area contributed by atoms with E-state index in [0.29, 0.717) is 12.2 Å². The fraction of sp³-hybridized carbons (Fsp3) is 0.529. The molecular weight excluding hydrogens is 280 g/mol. The highest BCUT2D eigenvalue weighted by molar-refractivity contribution is 6.22. The predicted octanol–water partition coefficient (Wildman–Crippen LogP) is 1.65. The molecule has 2 aliphatic heterocycles. The zero-order chi connectivity index (χ0) is 15.5. The molecule has 0 saturated carbocycles. The second-order valence-electron chi connectivity index (χ2n) is 5.89. The van der Waals surface area contributed by atoms with Crippen molar-refractivity contribution in [2.75, 3.05) is 18.1 Å². The van der Waals surface area contributed by atoms with Crippen molar-refractivity contribution in [3.63, 3.8) is 0 Å². The quantitative estimate of drug-likeness (QED) is 0.840. The summed E-state index contributed by atoms with van der Waals surface area (Å²) < 4.78 is 5.54. The predicted molar refractivity (Wildman–Crippen MR) is 83.7 cm³/mol. The number of benzene rings is 1. The van der Waals surface area contributed by atoms with Gasteiger partial charge in [-0.2, -0.15) is 0 Å². The minimum Gasteiger partial charge on any atom is -0.377 e. The van der Waals surface area contributed by atoms with Gasteiger partial charge in [-0.1, -0.05) is 19.1 Å². The number of hydrogen-bond acceptors (Lipinski definition) is 4. The van der Waals surface area contributed by atoms with E-state index >= 15 is 0 Å². The lowest BCUT2D eigenvalue weighted by Gasteiger charge is -2.17. The normalized spacial score (nSPS) is 25.2. The van der Waals surface area contributed by atoms with Gasteiger partial charge in [0.1, 0.15) is 0 Å². The number of imide groups is 1. The molecular formula is C17H22N2O3. The summed E-state index contributed by atoms with van der Waals surface area (Å²) in [7, 11) is 0. The van der Waals surface area contributed by atoms with Crippen molar-refractivity contribution in [1.82, 2.24) is 5.32 Å². The van der Waals surface area contributed by atoms with E-state index in [1.165, 1.54) is 10.5 Å². The van der Waals surface area contributed by atoms with Crippen molar-refractivity contribution in [3.8, 4) is 0 Å². The summed E-state index contributed by atoms with van der Waals surface area (Å²) in [5.74, 6) is -0.300. The average Bonchev–Trinajstić information content (AvgIpc) is 3.14. The van der Waals surface area contributed by atoms with Crippen LogP contribution in [0.25, 0.3) is 0 Å². The molecule has 5 heteroatoms. The zero-order valence-corrected chi connectivity index (χ0v) is 12.9. The summed E-state index contributed by atoms with van der Waals surface area (Å²) in [6.45, 7) is 3.50. The highest BCUT2D eigenvalue weighted by atomic mass is 16.5. The Morgan fingerprint density at radius 3 is 2.68 bits per heavy atom. The number of nitrogens with zero attached hydrogens (tertiary/aromatic N) is 1. The Morgan fingerprint density at radius 2 is 2.05 bits per heavy atom. The zero-order valence-electron chi connectivity index (χ0n) is 12.9. The van der Waals surface area contributed by atoms with Gasteiger partial charge in [0.15, 0.2) is 0 Å². The van der Waals surface area contributed by atoms with Crippen molar-refractivity contribution in [2.24, 2.45) is 0 Å². The van der Waals surface area contributed by atoms with Gasteiger partial charge < -0.3 is 10.1 Å². The molecule has 1 N–H and O–H groups in total. The van der Waals surface area contributed by atoms with Crippen LogP contribution in [0.15, 0.2) is 24.3 Å². The van der Waals surface area contributed by atoms with E-state index in [2.05, 4.69) is 12.2 Å². The lowest BCUT2D eigenvalue weighted by molar-refractivity contribution is -0.121. The standard InChI is InChI=1S/C17H22N2O3/c1-2-12-5-7-13(8-6-12)19-16(20)10-15(17(19)21)18-11-14-4-3-9-22-14/h5-8,14-15,18H,2-4,9-11H2,1H3. The first-order chi connectivity index (χ1) is 10.7. The van der Waals surface area contributed by atoms with Crippen LogP contribution in [-0.4, -0.2) is 37.1 Å². The van der Waals surface area contributed by atoms with Crippen molar-refractivity contribution >= 4 is 17.5 Å². The molecule has 3 rings (SSSR count). The van der Waals surface area contributed by atoms with Gasteiger partial charge in [0, 0.05) is 13.2 Å². The molecule has 0 bridgehead atoms. The number of nitrogens with one attached hydrogen (secondary N) is 1. The van der Waals surface area contributed by atoms with Crippen molar-refractivity contribution in [3.05, 3.63) is 29.8 Å². The number of amides is 2. The second-order valence-corrected chi connectivity index (χ2v) is 5.89. The minimum atomic E-state index is -0.428. The maximum absolute atomic E-state index is 12.5. The fourth-order valence-corrected chi connectivity index (χ4v) is 3.02. The molecule has 0 aliphatic carbocycles. The molecule has 1 aromatic rings. The molecule has 2 amide bonds. The van der Waals surface area contributed by atoms with E-state index in [1.807, 2.05) is 24.3 Å². The first-order valence-electron chi connectivity index (χ1n) is 7.99. The van der Waals surface area contributed by atoms with E-state index in [0.717, 1.165) is 25.9 Å². The van der Waals surface area contributed by atoms with E-state index in [4.69, 9.17) is 4.74 Å². The van der Waals surface area contributed by atoms with Crippen LogP contribution in [0.4, 0.5) is 5.69 Å². The molecule has 2 fully saturated rings. The van der Waals surface area contributed by atoms with Crippen LogP contribution in [-0.2, 0) is 20.7 Å². The van der Waals surface area contributed by atoms with Gasteiger partial charge >= 0.3 is 0 Å². The molecule has 2 unspecified atom stereocenters. The Kier molecular flexibility index (Phi) is 4.55. The van der Waals surface area contributed by atoms with E-state index in [-0.39, 0.29) is 24.3 Å². The molecule has 2 saturated heterocycles. The molecule has 0 aromatic heterocycles. The third kappa shape index (κ3) is 3.05. The lowest BCUT2D eigenvalue weighted by Crippen LogP contribution is -2.41. The maximum atomic E-state index is 12.5. The second kappa shape index (κ2) is 6.58. The van der Waals surface area contributed by atoms with Gasteiger partial charge in [0.25, 0.3) is 5.91 Å². The Bertz CT molecular complexity index is 550. The summed E-state index contributed by atoms with van der Waals surface area (Å²) in [5, 5.41) is 3.19. The largest absolute Gasteiger partial charge is 0.377 e. The molecule has 1 aromatic carbocycles. The van der Waals surface area contributed by atoms with Gasteiger partial charge in [0.05, 0.1) is 24.3 Å². The Labute approximate surface area is 130 Å². The Hall–Kier alpha value is -1.72. The van der Waals surface area contributed by atoms with Gasteiger partial charge in [0.2, 0.25) is 5.91 Å². The van der Waals surface area contributed by atoms with Crippen molar-refractivity contribution < 1.29 is 14.3 Å². The van der Waals surface area contributed by atoms with Crippen LogP contribution in [0.3, 0.4) is 0 Å². The number of rotatable bonds is 5. The number of ether oxygens (including phenoxy) is 1. The molecule has 2 aliphatic rings.